The van der Waals surface area contributed by atoms with Crippen LogP contribution in [0.1, 0.15) is 35.5 Å². The van der Waals surface area contributed by atoms with E-state index < -0.39 is 0 Å². The first-order valence-corrected chi connectivity index (χ1v) is 14.3. The van der Waals surface area contributed by atoms with Crippen LogP contribution in [-0.2, 0) is 24.9 Å². The molecule has 41 heavy (non-hydrogen) atoms. The van der Waals surface area contributed by atoms with E-state index in [1.54, 1.807) is 7.11 Å². The smallest absolute Gasteiger partial charge is 0.271 e. The zero-order valence-corrected chi connectivity index (χ0v) is 24.7. The lowest BCUT2D eigenvalue weighted by Crippen LogP contribution is -2.47. The number of rotatable bonds is 7. The van der Waals surface area contributed by atoms with Crippen LogP contribution in [0.4, 0.5) is 0 Å². The zero-order valence-electron chi connectivity index (χ0n) is 24.7. The maximum absolute atomic E-state index is 14.5. The van der Waals surface area contributed by atoms with E-state index in [-0.39, 0.29) is 30.6 Å². The van der Waals surface area contributed by atoms with Gasteiger partial charge < -0.3 is 24.0 Å². The number of ether oxygens (including phenoxy) is 2. The highest BCUT2D eigenvalue weighted by Crippen LogP contribution is 2.38. The summed E-state index contributed by atoms with van der Waals surface area (Å²) < 4.78 is 14.3. The van der Waals surface area contributed by atoms with Crippen LogP contribution in [0.25, 0.3) is 22.0 Å². The van der Waals surface area contributed by atoms with Gasteiger partial charge in [0.05, 0.1) is 32.5 Å². The zero-order chi connectivity index (χ0) is 29.1. The third-order valence-corrected chi connectivity index (χ3v) is 8.35. The Bertz CT molecular complexity index is 1510. The van der Waals surface area contributed by atoms with Crippen LogP contribution < -0.4 is 4.74 Å². The number of aromatic nitrogens is 1. The number of amides is 1. The third kappa shape index (κ3) is 5.75. The topological polar surface area (TPSA) is 67.2 Å². The Morgan fingerprint density at radius 3 is 2.56 bits per heavy atom. The SMILES string of the molecule is COc1ccccc1CN(C)C[C@@H]1OCc2ccccc2-c2c(n(C)c3ccccc23)C(=O)N([C@H](C)CO)C[C@H]1C. The molecule has 1 amide bonds. The van der Waals surface area contributed by atoms with Crippen molar-refractivity contribution in [2.24, 2.45) is 13.0 Å². The number of aliphatic hydroxyl groups excluding tert-OH is 1. The van der Waals surface area contributed by atoms with Crippen LogP contribution in [0.5, 0.6) is 5.75 Å². The number of nitrogens with zero attached hydrogens (tertiary/aromatic N) is 3. The molecule has 3 aromatic carbocycles. The number of methoxy groups -OCH3 is 1. The van der Waals surface area contributed by atoms with Crippen molar-refractivity contribution < 1.29 is 19.4 Å². The van der Waals surface area contributed by atoms with Gasteiger partial charge in [-0.15, -0.1) is 0 Å². The molecule has 1 aromatic heterocycles. The average molecular weight is 556 g/mol. The molecule has 4 aromatic rings. The van der Waals surface area contributed by atoms with Gasteiger partial charge in [-0.2, -0.15) is 0 Å². The highest BCUT2D eigenvalue weighted by Gasteiger charge is 2.33. The summed E-state index contributed by atoms with van der Waals surface area (Å²) in [5.41, 5.74) is 5.71. The summed E-state index contributed by atoms with van der Waals surface area (Å²) in [5.74, 6) is 0.796. The number of fused-ring (bicyclic) bond motifs is 5. The monoisotopic (exact) mass is 555 g/mol. The molecule has 0 saturated carbocycles. The first kappa shape index (κ1) is 28.9. The van der Waals surface area contributed by atoms with Gasteiger partial charge in [-0.3, -0.25) is 9.69 Å². The fraction of sp³-hybridized carbons (Fsp3) is 0.382. The number of hydrogen-bond donors (Lipinski definition) is 1. The molecule has 7 nitrogen and oxygen atoms in total. The molecule has 7 heteroatoms. The van der Waals surface area contributed by atoms with E-state index in [1.807, 2.05) is 65.9 Å². The Balaban J connectivity index is 1.56. The van der Waals surface area contributed by atoms with E-state index in [2.05, 4.69) is 49.2 Å². The summed E-state index contributed by atoms with van der Waals surface area (Å²) >= 11 is 0. The minimum Gasteiger partial charge on any atom is -0.496 e. The number of carbonyl (C=O) groups is 1. The Hall–Kier alpha value is -3.65. The molecular weight excluding hydrogens is 514 g/mol. The fourth-order valence-corrected chi connectivity index (χ4v) is 6.02. The lowest BCUT2D eigenvalue weighted by atomic mass is 9.96. The fourth-order valence-electron chi connectivity index (χ4n) is 6.02. The van der Waals surface area contributed by atoms with Crippen molar-refractivity contribution in [3.8, 4) is 16.9 Å². The van der Waals surface area contributed by atoms with Gasteiger partial charge >= 0.3 is 0 Å². The second-order valence-corrected chi connectivity index (χ2v) is 11.3. The largest absolute Gasteiger partial charge is 0.496 e. The summed E-state index contributed by atoms with van der Waals surface area (Å²) in [6, 6.07) is 24.1. The normalized spacial score (nSPS) is 18.6. The summed E-state index contributed by atoms with van der Waals surface area (Å²) in [6.07, 6.45) is -0.151. The van der Waals surface area contributed by atoms with Gasteiger partial charge in [-0.1, -0.05) is 67.6 Å². The Morgan fingerprint density at radius 1 is 1.07 bits per heavy atom. The molecule has 216 valence electrons. The standard InChI is InChI=1S/C34H41N3O4/c1-23-18-37(24(2)21-38)34(39)33-32(28-15-9-10-16-29(28)36(33)4)27-14-8-6-13-26(27)22-41-31(23)20-35(3)19-25-12-7-11-17-30(25)40-5/h6-17,23-24,31,38H,18-22H2,1-5H3/t23-,24-,31+/m1/s1. The maximum Gasteiger partial charge on any atom is 0.271 e. The molecule has 0 aliphatic carbocycles. The number of aryl methyl sites for hydroxylation is 1. The summed E-state index contributed by atoms with van der Waals surface area (Å²) in [4.78, 5) is 18.6. The van der Waals surface area contributed by atoms with E-state index in [0.717, 1.165) is 38.9 Å². The van der Waals surface area contributed by atoms with Gasteiger partial charge in [-0.05, 0) is 37.2 Å². The molecule has 5 rings (SSSR count). The van der Waals surface area contributed by atoms with Crippen molar-refractivity contribution in [1.29, 1.82) is 0 Å². The van der Waals surface area contributed by atoms with Crippen molar-refractivity contribution >= 4 is 16.8 Å². The molecule has 0 fully saturated rings. The van der Waals surface area contributed by atoms with Crippen molar-refractivity contribution in [3.05, 3.63) is 89.6 Å². The molecule has 0 saturated heterocycles. The van der Waals surface area contributed by atoms with E-state index in [9.17, 15) is 9.90 Å². The van der Waals surface area contributed by atoms with Gasteiger partial charge in [0, 0.05) is 54.6 Å². The minimum atomic E-state index is -0.348. The van der Waals surface area contributed by atoms with Gasteiger partial charge in [-0.25, -0.2) is 0 Å². The third-order valence-electron chi connectivity index (χ3n) is 8.35. The summed E-state index contributed by atoms with van der Waals surface area (Å²) in [6.45, 7) is 6.20. The molecule has 0 radical (unpaired) electrons. The van der Waals surface area contributed by atoms with Crippen molar-refractivity contribution in [2.75, 3.05) is 33.9 Å². The molecule has 0 spiro atoms. The van der Waals surface area contributed by atoms with Gasteiger partial charge in [0.15, 0.2) is 0 Å². The lowest BCUT2D eigenvalue weighted by Gasteiger charge is -2.35. The second-order valence-electron chi connectivity index (χ2n) is 11.3. The molecule has 1 aliphatic heterocycles. The Kier molecular flexibility index (Phi) is 8.78. The first-order chi connectivity index (χ1) is 19.8. The quantitative estimate of drug-likeness (QED) is 0.333. The number of likely N-dealkylation sites (N-methyl/N-ethyl adjacent to an activating group) is 1. The molecule has 3 atom stereocenters. The average Bonchev–Trinajstić information content (AvgIpc) is 3.28. The van der Waals surface area contributed by atoms with Crippen LogP contribution in [0.3, 0.4) is 0 Å². The van der Waals surface area contributed by atoms with Gasteiger partial charge in [0.25, 0.3) is 5.91 Å². The molecular formula is C34H41N3O4. The van der Waals surface area contributed by atoms with E-state index in [1.165, 1.54) is 0 Å². The number of carbonyl (C=O) groups excluding carboxylic acids is 1. The Labute approximate surface area is 242 Å². The second kappa shape index (κ2) is 12.5. The number of para-hydroxylation sites is 2. The predicted molar refractivity (Wildman–Crippen MR) is 163 cm³/mol. The van der Waals surface area contributed by atoms with Crippen molar-refractivity contribution in [1.82, 2.24) is 14.4 Å². The summed E-state index contributed by atoms with van der Waals surface area (Å²) in [7, 11) is 5.74. The summed E-state index contributed by atoms with van der Waals surface area (Å²) in [5, 5.41) is 11.3. The first-order valence-electron chi connectivity index (χ1n) is 14.3. The molecule has 0 bridgehead atoms. The van der Waals surface area contributed by atoms with E-state index in [4.69, 9.17) is 9.47 Å². The number of benzene rings is 3. The highest BCUT2D eigenvalue weighted by atomic mass is 16.5. The van der Waals surface area contributed by atoms with Crippen LogP contribution in [-0.4, -0.2) is 71.4 Å². The maximum atomic E-state index is 14.5. The van der Waals surface area contributed by atoms with Gasteiger partial charge in [0.2, 0.25) is 0 Å². The van der Waals surface area contributed by atoms with E-state index in [0.29, 0.717) is 31.9 Å². The van der Waals surface area contributed by atoms with Gasteiger partial charge in [0.1, 0.15) is 11.4 Å². The van der Waals surface area contributed by atoms with Crippen molar-refractivity contribution in [2.45, 2.75) is 39.1 Å². The molecule has 1 N–H and O–H groups in total. The van der Waals surface area contributed by atoms with Crippen molar-refractivity contribution in [3.63, 3.8) is 0 Å². The molecule has 2 heterocycles. The van der Waals surface area contributed by atoms with E-state index >= 15 is 0 Å². The van der Waals surface area contributed by atoms with Crippen LogP contribution >= 0.6 is 0 Å². The van der Waals surface area contributed by atoms with Crippen LogP contribution in [0, 0.1) is 5.92 Å². The number of hydrogen-bond acceptors (Lipinski definition) is 5. The molecule has 0 unspecified atom stereocenters. The minimum absolute atomic E-state index is 0.0106. The molecule has 1 aliphatic rings. The van der Waals surface area contributed by atoms with Crippen LogP contribution in [0.15, 0.2) is 72.8 Å². The highest BCUT2D eigenvalue weighted by molar-refractivity contribution is 6.10. The number of aliphatic hydroxyl groups is 1. The van der Waals surface area contributed by atoms with Crippen LogP contribution in [0.2, 0.25) is 0 Å². The lowest BCUT2D eigenvalue weighted by molar-refractivity contribution is -0.0242. The Morgan fingerprint density at radius 2 is 1.78 bits per heavy atom. The predicted octanol–water partition coefficient (Wildman–Crippen LogP) is 5.34.